The van der Waals surface area contributed by atoms with Gasteiger partial charge in [0.15, 0.2) is 10.9 Å². The molecular weight excluding hydrogens is 288 g/mol. The Kier molecular flexibility index (Phi) is 4.07. The normalized spacial score (nSPS) is 18.8. The van der Waals surface area contributed by atoms with Gasteiger partial charge < -0.3 is 11.1 Å². The van der Waals surface area contributed by atoms with E-state index < -0.39 is 0 Å². The molecule has 1 aliphatic heterocycles. The minimum absolute atomic E-state index is 0.172. The molecule has 1 aliphatic rings. The number of nitrogens with two attached hydrogens (primary N) is 1. The summed E-state index contributed by atoms with van der Waals surface area (Å²) in [6.07, 6.45) is 6.96. The molecule has 1 fully saturated rings. The predicted octanol–water partition coefficient (Wildman–Crippen LogP) is 1.30. The number of anilines is 2. The molecule has 8 heteroatoms. The number of nitrogens with zero attached hydrogens (tertiary/aromatic N) is 4. The second-order valence-corrected chi connectivity index (χ2v) is 5.75. The Hall–Kier alpha value is -2.06. The van der Waals surface area contributed by atoms with Crippen LogP contribution in [0.3, 0.4) is 0 Å². The molecule has 3 N–H and O–H groups in total. The first kappa shape index (κ1) is 13.9. The molecule has 0 spiro atoms. The fraction of sp³-hybridized carbons (Fsp3) is 0.385. The lowest BCUT2D eigenvalue weighted by Gasteiger charge is -2.21. The Morgan fingerprint density at radius 1 is 1.52 bits per heavy atom. The summed E-state index contributed by atoms with van der Waals surface area (Å²) in [5.74, 6) is 0.369. The van der Waals surface area contributed by atoms with E-state index in [0.29, 0.717) is 5.82 Å². The van der Waals surface area contributed by atoms with Gasteiger partial charge in [0, 0.05) is 17.8 Å². The summed E-state index contributed by atoms with van der Waals surface area (Å²) in [6, 6.07) is 0.172. The second kappa shape index (κ2) is 6.15. The zero-order chi connectivity index (χ0) is 14.7. The summed E-state index contributed by atoms with van der Waals surface area (Å²) in [5, 5.41) is 5.92. The molecule has 3 heterocycles. The van der Waals surface area contributed by atoms with E-state index in [9.17, 15) is 4.79 Å². The number of primary amides is 1. The number of aromatic nitrogens is 3. The first-order valence-electron chi connectivity index (χ1n) is 6.73. The number of likely N-dealkylation sites (tertiary alicyclic amines) is 1. The van der Waals surface area contributed by atoms with Crippen molar-refractivity contribution in [2.24, 2.45) is 5.73 Å². The minimum atomic E-state index is -0.296. The van der Waals surface area contributed by atoms with Crippen molar-refractivity contribution in [2.75, 3.05) is 18.4 Å². The van der Waals surface area contributed by atoms with Crippen LogP contribution >= 0.6 is 11.3 Å². The Morgan fingerprint density at radius 3 is 3.19 bits per heavy atom. The maximum absolute atomic E-state index is 11.1. The Morgan fingerprint density at radius 2 is 2.43 bits per heavy atom. The molecule has 0 aliphatic carbocycles. The molecule has 7 nitrogen and oxygen atoms in total. The summed E-state index contributed by atoms with van der Waals surface area (Å²) >= 11 is 1.52. The molecule has 110 valence electrons. The van der Waals surface area contributed by atoms with Crippen LogP contribution in [-0.4, -0.2) is 38.8 Å². The third kappa shape index (κ3) is 3.34. The molecule has 0 radical (unpaired) electrons. The van der Waals surface area contributed by atoms with Gasteiger partial charge >= 0.3 is 0 Å². The van der Waals surface area contributed by atoms with Gasteiger partial charge in [-0.25, -0.2) is 9.97 Å². The first-order valence-corrected chi connectivity index (χ1v) is 7.61. The molecule has 0 unspecified atom stereocenters. The van der Waals surface area contributed by atoms with E-state index in [0.717, 1.165) is 30.2 Å². The molecule has 1 saturated heterocycles. The van der Waals surface area contributed by atoms with Crippen LogP contribution < -0.4 is 11.1 Å². The van der Waals surface area contributed by atoms with Gasteiger partial charge in [-0.2, -0.15) is 0 Å². The van der Waals surface area contributed by atoms with Crippen molar-refractivity contribution in [3.8, 4) is 0 Å². The number of nitrogens with one attached hydrogen (secondary N) is 1. The molecule has 21 heavy (non-hydrogen) atoms. The molecule has 3 rings (SSSR count). The highest BCUT2D eigenvalue weighted by atomic mass is 32.1. The van der Waals surface area contributed by atoms with Gasteiger partial charge in [0.05, 0.1) is 24.5 Å². The standard InChI is InChI=1S/C13H16N6OS/c14-11(20)7-19-5-1-2-10(19)9-8-21-13(17-9)18-12-6-15-3-4-16-12/h3-4,6,8,10H,1-2,5,7H2,(H2,14,20)(H,16,17,18)/t10-/m0/s1. The van der Waals surface area contributed by atoms with E-state index in [-0.39, 0.29) is 18.5 Å². The van der Waals surface area contributed by atoms with Crippen LogP contribution in [0.1, 0.15) is 24.6 Å². The van der Waals surface area contributed by atoms with E-state index in [1.807, 2.05) is 5.38 Å². The van der Waals surface area contributed by atoms with E-state index in [1.165, 1.54) is 11.3 Å². The SMILES string of the molecule is NC(=O)CN1CCC[C@H]1c1csc(Nc2cnccn2)n1. The van der Waals surface area contributed by atoms with Crippen molar-refractivity contribution in [1.29, 1.82) is 0 Å². The third-order valence-corrected chi connectivity index (χ3v) is 4.16. The number of hydrogen-bond acceptors (Lipinski definition) is 7. The average molecular weight is 304 g/mol. The molecule has 2 aromatic heterocycles. The lowest BCUT2D eigenvalue weighted by Crippen LogP contribution is -2.33. The van der Waals surface area contributed by atoms with Gasteiger partial charge in [-0.15, -0.1) is 11.3 Å². The van der Waals surface area contributed by atoms with E-state index in [2.05, 4.69) is 25.2 Å². The van der Waals surface area contributed by atoms with Crippen LogP contribution in [0.15, 0.2) is 24.0 Å². The monoisotopic (exact) mass is 304 g/mol. The zero-order valence-electron chi connectivity index (χ0n) is 11.4. The van der Waals surface area contributed by atoms with Crippen LogP contribution in [0.5, 0.6) is 0 Å². The molecule has 1 amide bonds. The van der Waals surface area contributed by atoms with Gasteiger partial charge in [0.25, 0.3) is 0 Å². The van der Waals surface area contributed by atoms with Gasteiger partial charge in [0.2, 0.25) is 5.91 Å². The van der Waals surface area contributed by atoms with Crippen LogP contribution in [0.4, 0.5) is 10.9 Å². The van der Waals surface area contributed by atoms with E-state index in [1.54, 1.807) is 18.6 Å². The maximum atomic E-state index is 11.1. The third-order valence-electron chi connectivity index (χ3n) is 3.38. The topological polar surface area (TPSA) is 97.0 Å². The molecule has 2 aromatic rings. The number of amides is 1. The smallest absolute Gasteiger partial charge is 0.231 e. The fourth-order valence-electron chi connectivity index (χ4n) is 2.52. The summed E-state index contributed by atoms with van der Waals surface area (Å²) in [6.45, 7) is 1.17. The Labute approximate surface area is 126 Å². The van der Waals surface area contributed by atoms with Crippen molar-refractivity contribution in [3.63, 3.8) is 0 Å². The number of rotatable bonds is 5. The molecule has 1 atom stereocenters. The summed E-state index contributed by atoms with van der Waals surface area (Å²) < 4.78 is 0. The first-order chi connectivity index (χ1) is 10.2. The predicted molar refractivity (Wildman–Crippen MR) is 80.2 cm³/mol. The highest BCUT2D eigenvalue weighted by Gasteiger charge is 2.28. The lowest BCUT2D eigenvalue weighted by molar-refractivity contribution is -0.119. The van der Waals surface area contributed by atoms with Gasteiger partial charge in [-0.05, 0) is 19.4 Å². The summed E-state index contributed by atoms with van der Waals surface area (Å²) in [7, 11) is 0. The minimum Gasteiger partial charge on any atom is -0.369 e. The zero-order valence-corrected chi connectivity index (χ0v) is 12.2. The summed E-state index contributed by atoms with van der Waals surface area (Å²) in [4.78, 5) is 26.0. The summed E-state index contributed by atoms with van der Waals surface area (Å²) in [5.41, 5.74) is 6.27. The number of thiazole rings is 1. The lowest BCUT2D eigenvalue weighted by atomic mass is 10.2. The van der Waals surface area contributed by atoms with Crippen molar-refractivity contribution >= 4 is 28.2 Å². The van der Waals surface area contributed by atoms with Gasteiger partial charge in [-0.1, -0.05) is 0 Å². The van der Waals surface area contributed by atoms with Crippen LogP contribution in [0, 0.1) is 0 Å². The van der Waals surface area contributed by atoms with Gasteiger partial charge in [-0.3, -0.25) is 14.7 Å². The average Bonchev–Trinajstić information content (AvgIpc) is 3.08. The Bertz CT molecular complexity index is 616. The largest absolute Gasteiger partial charge is 0.369 e. The fourth-order valence-corrected chi connectivity index (χ4v) is 3.28. The number of carbonyl (C=O) groups is 1. The quantitative estimate of drug-likeness (QED) is 0.864. The van der Waals surface area contributed by atoms with Crippen LogP contribution in [0.25, 0.3) is 0 Å². The highest BCUT2D eigenvalue weighted by molar-refractivity contribution is 7.13. The van der Waals surface area contributed by atoms with E-state index >= 15 is 0 Å². The van der Waals surface area contributed by atoms with Crippen LogP contribution in [0.2, 0.25) is 0 Å². The van der Waals surface area contributed by atoms with Crippen molar-refractivity contribution in [3.05, 3.63) is 29.7 Å². The van der Waals surface area contributed by atoms with Crippen molar-refractivity contribution in [2.45, 2.75) is 18.9 Å². The van der Waals surface area contributed by atoms with Crippen molar-refractivity contribution < 1.29 is 4.79 Å². The molecular formula is C13H16N6OS. The maximum Gasteiger partial charge on any atom is 0.231 e. The molecule has 0 bridgehead atoms. The Balaban J connectivity index is 1.71. The van der Waals surface area contributed by atoms with Gasteiger partial charge in [0.1, 0.15) is 0 Å². The molecule has 0 saturated carbocycles. The van der Waals surface area contributed by atoms with Crippen LogP contribution in [-0.2, 0) is 4.79 Å². The van der Waals surface area contributed by atoms with Crippen molar-refractivity contribution in [1.82, 2.24) is 19.9 Å². The van der Waals surface area contributed by atoms with E-state index in [4.69, 9.17) is 5.73 Å². The number of carbonyl (C=O) groups excluding carboxylic acids is 1. The number of hydrogen-bond donors (Lipinski definition) is 2. The molecule has 0 aromatic carbocycles. The second-order valence-electron chi connectivity index (χ2n) is 4.89. The highest BCUT2D eigenvalue weighted by Crippen LogP contribution is 2.33.